The lowest BCUT2D eigenvalue weighted by Gasteiger charge is -2.35. The molecule has 0 aliphatic heterocycles. The number of thioether (sulfide) groups is 1. The maximum absolute atomic E-state index is 2.48. The van der Waals surface area contributed by atoms with Crippen molar-refractivity contribution in [2.75, 3.05) is 5.75 Å². The number of hydrogen-bond donors (Lipinski definition) is 0. The van der Waals surface area contributed by atoms with E-state index in [1.807, 2.05) is 0 Å². The fourth-order valence-electron chi connectivity index (χ4n) is 3.38. The summed E-state index contributed by atoms with van der Waals surface area (Å²) >= 11 is 2.30. The Morgan fingerprint density at radius 1 is 0.867 bits per heavy atom. The molecule has 2 saturated carbocycles. The SMILES string of the molecule is CC1CCCC(C)C1CSC1CCCC1. The first-order valence-electron chi connectivity index (χ1n) is 6.89. The van der Waals surface area contributed by atoms with Crippen LogP contribution in [0.5, 0.6) is 0 Å². The summed E-state index contributed by atoms with van der Waals surface area (Å²) in [6.45, 7) is 4.96. The highest BCUT2D eigenvalue weighted by Gasteiger charge is 2.28. The maximum atomic E-state index is 2.48. The smallest absolute Gasteiger partial charge is 0.00471 e. The summed E-state index contributed by atoms with van der Waals surface area (Å²) in [7, 11) is 0. The van der Waals surface area contributed by atoms with E-state index in [2.05, 4.69) is 25.6 Å². The molecule has 1 heteroatoms. The first-order chi connectivity index (χ1) is 7.27. The second-order valence-corrected chi connectivity index (χ2v) is 7.12. The summed E-state index contributed by atoms with van der Waals surface area (Å²) in [6, 6.07) is 0. The van der Waals surface area contributed by atoms with Gasteiger partial charge >= 0.3 is 0 Å². The maximum Gasteiger partial charge on any atom is 0.00471 e. The van der Waals surface area contributed by atoms with Gasteiger partial charge in [0, 0.05) is 5.25 Å². The summed E-state index contributed by atoms with van der Waals surface area (Å²) in [5, 5.41) is 1.02. The van der Waals surface area contributed by atoms with Crippen molar-refractivity contribution in [1.82, 2.24) is 0 Å². The van der Waals surface area contributed by atoms with Gasteiger partial charge in [-0.1, -0.05) is 46.0 Å². The minimum Gasteiger partial charge on any atom is -0.158 e. The molecule has 0 bridgehead atoms. The van der Waals surface area contributed by atoms with Crippen molar-refractivity contribution in [3.63, 3.8) is 0 Å². The molecule has 0 amide bonds. The fraction of sp³-hybridized carbons (Fsp3) is 1.00. The third-order valence-corrected chi connectivity index (χ3v) is 6.13. The van der Waals surface area contributed by atoms with Crippen LogP contribution in [-0.4, -0.2) is 11.0 Å². The van der Waals surface area contributed by atoms with E-state index in [4.69, 9.17) is 0 Å². The lowest BCUT2D eigenvalue weighted by molar-refractivity contribution is 0.202. The molecular weight excluding hydrogens is 200 g/mol. The minimum absolute atomic E-state index is 0.989. The lowest BCUT2D eigenvalue weighted by Crippen LogP contribution is -2.27. The Balaban J connectivity index is 1.75. The predicted molar refractivity (Wildman–Crippen MR) is 70.4 cm³/mol. The Bertz CT molecular complexity index is 174. The van der Waals surface area contributed by atoms with Gasteiger partial charge in [-0.2, -0.15) is 11.8 Å². The molecule has 88 valence electrons. The molecule has 15 heavy (non-hydrogen) atoms. The molecule has 0 N–H and O–H groups in total. The van der Waals surface area contributed by atoms with E-state index in [0.29, 0.717) is 0 Å². The summed E-state index contributed by atoms with van der Waals surface area (Å²) in [4.78, 5) is 0. The van der Waals surface area contributed by atoms with E-state index in [1.54, 1.807) is 0 Å². The highest BCUT2D eigenvalue weighted by Crippen LogP contribution is 2.39. The van der Waals surface area contributed by atoms with Gasteiger partial charge in [0.05, 0.1) is 0 Å². The van der Waals surface area contributed by atoms with Crippen LogP contribution in [0.25, 0.3) is 0 Å². The molecule has 2 aliphatic carbocycles. The van der Waals surface area contributed by atoms with Crippen LogP contribution in [0.1, 0.15) is 58.8 Å². The van der Waals surface area contributed by atoms with Crippen LogP contribution in [0.3, 0.4) is 0 Å². The van der Waals surface area contributed by atoms with E-state index in [0.717, 1.165) is 23.0 Å². The third kappa shape index (κ3) is 3.15. The van der Waals surface area contributed by atoms with Crippen molar-refractivity contribution < 1.29 is 0 Å². The summed E-state index contributed by atoms with van der Waals surface area (Å²) in [5.74, 6) is 4.45. The standard InChI is InChI=1S/C14H26S/c1-11-6-5-7-12(2)14(11)10-15-13-8-3-4-9-13/h11-14H,3-10H2,1-2H3. The molecule has 0 saturated heterocycles. The Kier molecular flexibility index (Phi) is 4.42. The number of hydrogen-bond acceptors (Lipinski definition) is 1. The molecule has 0 aromatic rings. The van der Waals surface area contributed by atoms with Crippen LogP contribution in [0.2, 0.25) is 0 Å². The normalized spacial score (nSPS) is 38.4. The highest BCUT2D eigenvalue weighted by atomic mass is 32.2. The third-order valence-electron chi connectivity index (χ3n) is 4.61. The van der Waals surface area contributed by atoms with Gasteiger partial charge in [0.2, 0.25) is 0 Å². The van der Waals surface area contributed by atoms with Crippen LogP contribution < -0.4 is 0 Å². The molecule has 0 nitrogen and oxygen atoms in total. The molecule has 2 unspecified atom stereocenters. The average Bonchev–Trinajstić information content (AvgIpc) is 2.70. The molecule has 0 heterocycles. The first-order valence-corrected chi connectivity index (χ1v) is 7.94. The molecule has 2 fully saturated rings. The summed E-state index contributed by atoms with van der Waals surface area (Å²) < 4.78 is 0. The molecule has 0 spiro atoms. The molecular formula is C14H26S. The number of rotatable bonds is 3. The van der Waals surface area contributed by atoms with E-state index < -0.39 is 0 Å². The molecule has 0 aromatic heterocycles. The lowest BCUT2D eigenvalue weighted by atomic mass is 9.75. The van der Waals surface area contributed by atoms with Crippen molar-refractivity contribution in [3.8, 4) is 0 Å². The van der Waals surface area contributed by atoms with Crippen molar-refractivity contribution in [3.05, 3.63) is 0 Å². The molecule has 2 rings (SSSR count). The molecule has 2 atom stereocenters. The van der Waals surface area contributed by atoms with E-state index in [1.165, 1.54) is 50.7 Å². The van der Waals surface area contributed by atoms with Crippen molar-refractivity contribution in [2.45, 2.75) is 64.0 Å². The summed E-state index contributed by atoms with van der Waals surface area (Å²) in [5.41, 5.74) is 0. The Labute approximate surface area is 99.6 Å². The quantitative estimate of drug-likeness (QED) is 0.670. The van der Waals surface area contributed by atoms with Crippen LogP contribution in [0.4, 0.5) is 0 Å². The van der Waals surface area contributed by atoms with Gasteiger partial charge in [-0.15, -0.1) is 0 Å². The van der Waals surface area contributed by atoms with Gasteiger partial charge in [-0.25, -0.2) is 0 Å². The monoisotopic (exact) mass is 226 g/mol. The molecule has 0 aromatic carbocycles. The van der Waals surface area contributed by atoms with Crippen LogP contribution in [-0.2, 0) is 0 Å². The largest absolute Gasteiger partial charge is 0.158 e. The van der Waals surface area contributed by atoms with Crippen molar-refractivity contribution in [1.29, 1.82) is 0 Å². The van der Waals surface area contributed by atoms with E-state index in [-0.39, 0.29) is 0 Å². The van der Waals surface area contributed by atoms with Gasteiger partial charge in [-0.05, 0) is 36.3 Å². The zero-order chi connectivity index (χ0) is 10.7. The van der Waals surface area contributed by atoms with Gasteiger partial charge in [0.1, 0.15) is 0 Å². The first kappa shape index (κ1) is 11.8. The second-order valence-electron chi connectivity index (χ2n) is 5.79. The molecule has 0 radical (unpaired) electrons. The van der Waals surface area contributed by atoms with Crippen LogP contribution >= 0.6 is 11.8 Å². The van der Waals surface area contributed by atoms with Gasteiger partial charge in [0.15, 0.2) is 0 Å². The van der Waals surface area contributed by atoms with Gasteiger partial charge < -0.3 is 0 Å². The summed E-state index contributed by atoms with van der Waals surface area (Å²) in [6.07, 6.45) is 10.4. The van der Waals surface area contributed by atoms with Crippen LogP contribution in [0, 0.1) is 17.8 Å². The molecule has 2 aliphatic rings. The topological polar surface area (TPSA) is 0 Å². The van der Waals surface area contributed by atoms with Gasteiger partial charge in [0.25, 0.3) is 0 Å². The van der Waals surface area contributed by atoms with E-state index >= 15 is 0 Å². The predicted octanol–water partition coefficient (Wildman–Crippen LogP) is 4.73. The van der Waals surface area contributed by atoms with Crippen molar-refractivity contribution >= 4 is 11.8 Å². The minimum atomic E-state index is 0.989. The Morgan fingerprint density at radius 3 is 2.07 bits per heavy atom. The van der Waals surface area contributed by atoms with Crippen molar-refractivity contribution in [2.24, 2.45) is 17.8 Å². The van der Waals surface area contributed by atoms with E-state index in [9.17, 15) is 0 Å². The Morgan fingerprint density at radius 2 is 1.47 bits per heavy atom. The Hall–Kier alpha value is 0.350. The zero-order valence-electron chi connectivity index (χ0n) is 10.4. The zero-order valence-corrected chi connectivity index (χ0v) is 11.2. The fourth-order valence-corrected chi connectivity index (χ4v) is 5.20. The van der Waals surface area contributed by atoms with Crippen LogP contribution in [0.15, 0.2) is 0 Å². The second kappa shape index (κ2) is 5.61. The highest BCUT2D eigenvalue weighted by molar-refractivity contribution is 7.99. The average molecular weight is 226 g/mol. The van der Waals surface area contributed by atoms with Gasteiger partial charge in [-0.3, -0.25) is 0 Å².